The largest absolute Gasteiger partial charge is 0.408 e. The Balaban J connectivity index is 2.70. The van der Waals surface area contributed by atoms with Crippen molar-refractivity contribution in [2.45, 2.75) is 37.9 Å². The Bertz CT molecular complexity index is 354. The zero-order valence-electron chi connectivity index (χ0n) is 9.17. The first kappa shape index (κ1) is 12.2. The Hall–Kier alpha value is -0.910. The van der Waals surface area contributed by atoms with E-state index in [1.54, 1.807) is 13.8 Å². The van der Waals surface area contributed by atoms with E-state index in [2.05, 4.69) is 31.4 Å². The molecule has 0 aliphatic carbocycles. The van der Waals surface area contributed by atoms with Crippen molar-refractivity contribution in [2.24, 2.45) is 0 Å². The third-order valence-corrected chi connectivity index (χ3v) is 2.06. The number of carbonyl (C=O) groups is 1. The van der Waals surface area contributed by atoms with E-state index in [1.807, 2.05) is 13.8 Å². The van der Waals surface area contributed by atoms with Crippen molar-refractivity contribution in [2.75, 3.05) is 5.32 Å². The summed E-state index contributed by atoms with van der Waals surface area (Å²) >= 11 is 3.24. The van der Waals surface area contributed by atoms with Crippen LogP contribution in [0.4, 0.5) is 6.01 Å². The van der Waals surface area contributed by atoms with Crippen molar-refractivity contribution in [3.8, 4) is 0 Å². The number of anilines is 1. The molecule has 1 N–H and O–H groups in total. The standard InChI is InChI=1S/C9H14BrN3O2/c1-5(2)6-12-13-8(15-6)11-7(14)9(3,4)10/h5H,1-4H3,(H,11,13,14). The van der Waals surface area contributed by atoms with Gasteiger partial charge < -0.3 is 4.42 Å². The molecule has 0 saturated heterocycles. The Labute approximate surface area is 96.8 Å². The summed E-state index contributed by atoms with van der Waals surface area (Å²) in [4.78, 5) is 11.5. The third kappa shape index (κ3) is 3.30. The maximum Gasteiger partial charge on any atom is 0.322 e. The van der Waals surface area contributed by atoms with Crippen LogP contribution in [0.1, 0.15) is 39.5 Å². The van der Waals surface area contributed by atoms with Crippen LogP contribution in [0.15, 0.2) is 4.42 Å². The molecule has 0 saturated carbocycles. The highest BCUT2D eigenvalue weighted by molar-refractivity contribution is 9.10. The lowest BCUT2D eigenvalue weighted by molar-refractivity contribution is -0.117. The molecule has 0 aromatic carbocycles. The molecule has 0 aliphatic heterocycles. The van der Waals surface area contributed by atoms with Crippen molar-refractivity contribution in [1.29, 1.82) is 0 Å². The van der Waals surface area contributed by atoms with E-state index < -0.39 is 4.32 Å². The topological polar surface area (TPSA) is 68.0 Å². The molecular weight excluding hydrogens is 262 g/mol. The van der Waals surface area contributed by atoms with Crippen molar-refractivity contribution in [1.82, 2.24) is 10.2 Å². The van der Waals surface area contributed by atoms with Crippen LogP contribution in [-0.2, 0) is 4.79 Å². The fourth-order valence-corrected chi connectivity index (χ4v) is 0.863. The van der Waals surface area contributed by atoms with E-state index in [-0.39, 0.29) is 17.8 Å². The number of alkyl halides is 1. The van der Waals surface area contributed by atoms with Gasteiger partial charge in [0.1, 0.15) is 0 Å². The number of hydrogen-bond donors (Lipinski definition) is 1. The van der Waals surface area contributed by atoms with Gasteiger partial charge >= 0.3 is 6.01 Å². The van der Waals surface area contributed by atoms with Gasteiger partial charge in [0.15, 0.2) is 0 Å². The van der Waals surface area contributed by atoms with Gasteiger partial charge in [-0.05, 0) is 13.8 Å². The molecule has 1 aromatic heterocycles. The molecule has 5 nitrogen and oxygen atoms in total. The summed E-state index contributed by atoms with van der Waals surface area (Å²) in [5, 5.41) is 10.1. The maximum atomic E-state index is 11.5. The lowest BCUT2D eigenvalue weighted by Crippen LogP contribution is -2.31. The summed E-state index contributed by atoms with van der Waals surface area (Å²) in [6.07, 6.45) is 0. The number of carbonyl (C=O) groups excluding carboxylic acids is 1. The first-order valence-corrected chi connectivity index (χ1v) is 5.43. The molecule has 1 aromatic rings. The van der Waals surface area contributed by atoms with Crippen LogP contribution >= 0.6 is 15.9 Å². The second-order valence-electron chi connectivity index (χ2n) is 4.03. The molecule has 1 amide bonds. The normalized spacial score (nSPS) is 11.9. The number of rotatable bonds is 3. The highest BCUT2D eigenvalue weighted by Crippen LogP contribution is 2.19. The van der Waals surface area contributed by atoms with Gasteiger partial charge in [0.05, 0.1) is 4.32 Å². The van der Waals surface area contributed by atoms with Gasteiger partial charge in [-0.2, -0.15) is 0 Å². The first-order valence-electron chi connectivity index (χ1n) is 4.64. The number of halogens is 1. The lowest BCUT2D eigenvalue weighted by atomic mass is 10.2. The van der Waals surface area contributed by atoms with Crippen molar-refractivity contribution in [3.63, 3.8) is 0 Å². The van der Waals surface area contributed by atoms with Gasteiger partial charge in [0, 0.05) is 5.92 Å². The quantitative estimate of drug-likeness (QED) is 0.860. The molecule has 1 rings (SSSR count). The van der Waals surface area contributed by atoms with Crippen LogP contribution in [0.25, 0.3) is 0 Å². The summed E-state index contributed by atoms with van der Waals surface area (Å²) < 4.78 is 4.58. The van der Waals surface area contributed by atoms with Crippen LogP contribution in [0.3, 0.4) is 0 Å². The van der Waals surface area contributed by atoms with Crippen molar-refractivity contribution >= 4 is 27.9 Å². The molecule has 1 heterocycles. The number of nitrogens with zero attached hydrogens (tertiary/aromatic N) is 2. The second kappa shape index (κ2) is 4.30. The number of aromatic nitrogens is 2. The maximum absolute atomic E-state index is 11.5. The predicted octanol–water partition coefficient (Wildman–Crippen LogP) is 2.30. The average Bonchev–Trinajstić information content (AvgIpc) is 2.50. The highest BCUT2D eigenvalue weighted by atomic mass is 79.9. The zero-order chi connectivity index (χ0) is 11.6. The van der Waals surface area contributed by atoms with Gasteiger partial charge in [-0.15, -0.1) is 5.10 Å². The van der Waals surface area contributed by atoms with Crippen LogP contribution in [-0.4, -0.2) is 20.4 Å². The van der Waals surface area contributed by atoms with Gasteiger partial charge in [-0.3, -0.25) is 10.1 Å². The average molecular weight is 276 g/mol. The van der Waals surface area contributed by atoms with E-state index in [1.165, 1.54) is 0 Å². The smallest absolute Gasteiger partial charge is 0.322 e. The molecule has 15 heavy (non-hydrogen) atoms. The molecule has 0 aliphatic rings. The van der Waals surface area contributed by atoms with E-state index in [4.69, 9.17) is 4.42 Å². The van der Waals surface area contributed by atoms with Crippen LogP contribution in [0.2, 0.25) is 0 Å². The van der Waals surface area contributed by atoms with Crippen LogP contribution in [0, 0.1) is 0 Å². The lowest BCUT2D eigenvalue weighted by Gasteiger charge is -2.13. The minimum Gasteiger partial charge on any atom is -0.408 e. The summed E-state index contributed by atoms with van der Waals surface area (Å²) in [7, 11) is 0. The van der Waals surface area contributed by atoms with Gasteiger partial charge in [0.25, 0.3) is 0 Å². The SMILES string of the molecule is CC(C)c1nnc(NC(=O)C(C)(C)Br)o1. The first-order chi connectivity index (χ1) is 6.80. The molecule has 6 heteroatoms. The molecule has 0 unspecified atom stereocenters. The van der Waals surface area contributed by atoms with Gasteiger partial charge in [-0.25, -0.2) is 0 Å². The van der Waals surface area contributed by atoms with E-state index in [9.17, 15) is 4.79 Å². The number of nitrogens with one attached hydrogen (secondary N) is 1. The highest BCUT2D eigenvalue weighted by Gasteiger charge is 2.25. The summed E-state index contributed by atoms with van der Waals surface area (Å²) in [5.74, 6) is 0.444. The Kier molecular flexibility index (Phi) is 3.49. The summed E-state index contributed by atoms with van der Waals surface area (Å²) in [5.41, 5.74) is 0. The summed E-state index contributed by atoms with van der Waals surface area (Å²) in [6, 6.07) is 0.135. The predicted molar refractivity (Wildman–Crippen MR) is 60.0 cm³/mol. The van der Waals surface area contributed by atoms with Crippen LogP contribution < -0.4 is 5.32 Å². The monoisotopic (exact) mass is 275 g/mol. The van der Waals surface area contributed by atoms with E-state index in [0.717, 1.165) is 0 Å². The Morgan fingerprint density at radius 2 is 2.07 bits per heavy atom. The molecule has 0 radical (unpaired) electrons. The Morgan fingerprint density at radius 3 is 2.47 bits per heavy atom. The third-order valence-electron chi connectivity index (χ3n) is 1.69. The van der Waals surface area contributed by atoms with Gasteiger partial charge in [0.2, 0.25) is 11.8 Å². The molecule has 84 valence electrons. The molecular formula is C9H14BrN3O2. The van der Waals surface area contributed by atoms with E-state index in [0.29, 0.717) is 5.89 Å². The fraction of sp³-hybridized carbons (Fsp3) is 0.667. The zero-order valence-corrected chi connectivity index (χ0v) is 10.8. The minimum absolute atomic E-state index is 0.135. The second-order valence-corrected chi connectivity index (χ2v) is 6.01. The minimum atomic E-state index is -0.653. The van der Waals surface area contributed by atoms with E-state index >= 15 is 0 Å². The van der Waals surface area contributed by atoms with Crippen molar-refractivity contribution in [3.05, 3.63) is 5.89 Å². The molecule has 0 atom stereocenters. The number of hydrogen-bond acceptors (Lipinski definition) is 4. The molecule has 0 spiro atoms. The van der Waals surface area contributed by atoms with Crippen molar-refractivity contribution < 1.29 is 9.21 Å². The molecule has 0 bridgehead atoms. The van der Waals surface area contributed by atoms with Crippen LogP contribution in [0.5, 0.6) is 0 Å². The fourth-order valence-electron chi connectivity index (χ4n) is 0.764. The molecule has 0 fully saturated rings. The number of amides is 1. The Morgan fingerprint density at radius 1 is 1.47 bits per heavy atom. The summed E-state index contributed by atoms with van der Waals surface area (Å²) in [6.45, 7) is 7.35. The van der Waals surface area contributed by atoms with Gasteiger partial charge in [-0.1, -0.05) is 34.9 Å².